The fraction of sp³-hybridized carbons (Fsp3) is 0.312. The lowest BCUT2D eigenvalue weighted by atomic mass is 10.1. The first-order valence-electron chi connectivity index (χ1n) is 13.7. The molecule has 0 bridgehead atoms. The lowest BCUT2D eigenvalue weighted by Crippen LogP contribution is -2.28. The van der Waals surface area contributed by atoms with Crippen molar-refractivity contribution >= 4 is 39.7 Å². The summed E-state index contributed by atoms with van der Waals surface area (Å²) in [6.45, 7) is 3.45. The minimum absolute atomic E-state index is 0.124. The van der Waals surface area contributed by atoms with Crippen LogP contribution in [-0.4, -0.2) is 64.1 Å². The number of ether oxygens (including phenoxy) is 2. The maximum atomic E-state index is 12.7. The number of amides is 1. The lowest BCUT2D eigenvalue weighted by Gasteiger charge is -2.17. The second-order valence-electron chi connectivity index (χ2n) is 10.1. The number of fused-ring (bicyclic) bond motifs is 3. The number of aromatic nitrogens is 4. The Morgan fingerprint density at radius 2 is 1.78 bits per heavy atom. The van der Waals surface area contributed by atoms with E-state index >= 15 is 0 Å². The van der Waals surface area contributed by atoms with Crippen LogP contribution in [0.1, 0.15) is 29.5 Å². The monoisotopic (exact) mass is 569 g/mol. The number of rotatable bonds is 12. The van der Waals surface area contributed by atoms with Gasteiger partial charge in [-0.1, -0.05) is 65.9 Å². The highest BCUT2D eigenvalue weighted by Gasteiger charge is 2.16. The van der Waals surface area contributed by atoms with Gasteiger partial charge in [0.2, 0.25) is 11.1 Å². The van der Waals surface area contributed by atoms with Crippen molar-refractivity contribution in [3.05, 3.63) is 83.4 Å². The summed E-state index contributed by atoms with van der Waals surface area (Å²) in [6.07, 6.45) is 1.95. The summed E-state index contributed by atoms with van der Waals surface area (Å²) in [5, 5.41) is 10.6. The van der Waals surface area contributed by atoms with Gasteiger partial charge in [-0.25, -0.2) is 4.98 Å². The number of carbonyl (C=O) groups excluding carboxylic acids is 1. The molecule has 8 nitrogen and oxygen atoms in total. The molecule has 2 heterocycles. The average Bonchev–Trinajstić information content (AvgIpc) is 3.30. The van der Waals surface area contributed by atoms with E-state index in [0.29, 0.717) is 36.2 Å². The fourth-order valence-corrected chi connectivity index (χ4v) is 5.66. The molecule has 41 heavy (non-hydrogen) atoms. The zero-order valence-corrected chi connectivity index (χ0v) is 24.8. The third kappa shape index (κ3) is 6.62. The second-order valence-corrected chi connectivity index (χ2v) is 11.1. The van der Waals surface area contributed by atoms with Crippen LogP contribution >= 0.6 is 11.8 Å². The van der Waals surface area contributed by atoms with Crippen molar-refractivity contribution in [1.82, 2.24) is 24.6 Å². The Morgan fingerprint density at radius 3 is 2.59 bits per heavy atom. The van der Waals surface area contributed by atoms with Gasteiger partial charge in [0.25, 0.3) is 0 Å². The van der Waals surface area contributed by atoms with Gasteiger partial charge in [-0.15, -0.1) is 10.2 Å². The van der Waals surface area contributed by atoms with Crippen LogP contribution in [0.2, 0.25) is 0 Å². The third-order valence-electron chi connectivity index (χ3n) is 7.15. The summed E-state index contributed by atoms with van der Waals surface area (Å²) in [5.41, 5.74) is 6.27. The normalized spacial score (nSPS) is 11.2. The van der Waals surface area contributed by atoms with Crippen molar-refractivity contribution in [3.8, 4) is 11.5 Å². The predicted molar refractivity (Wildman–Crippen MR) is 164 cm³/mol. The summed E-state index contributed by atoms with van der Waals surface area (Å²) >= 11 is 1.54. The van der Waals surface area contributed by atoms with Gasteiger partial charge in [-0.2, -0.15) is 0 Å². The topological polar surface area (TPSA) is 82.4 Å². The number of nitrogens with zero attached hydrogens (tertiary/aromatic N) is 5. The molecule has 3 aromatic carbocycles. The Hall–Kier alpha value is -4.11. The quantitative estimate of drug-likeness (QED) is 0.136. The molecular weight excluding hydrogens is 534 g/mol. The molecule has 0 radical (unpaired) electrons. The summed E-state index contributed by atoms with van der Waals surface area (Å²) in [4.78, 5) is 19.4. The molecule has 2 aromatic heterocycles. The number of likely N-dealkylation sites (N-methyl/N-ethyl adjacent to an activating group) is 1. The van der Waals surface area contributed by atoms with Gasteiger partial charge in [-0.05, 0) is 49.1 Å². The van der Waals surface area contributed by atoms with E-state index in [-0.39, 0.29) is 5.91 Å². The number of aryl methyl sites for hydroxylation is 1. The number of methoxy groups -OCH3 is 2. The number of para-hydroxylation sites is 1. The van der Waals surface area contributed by atoms with Crippen molar-refractivity contribution in [2.24, 2.45) is 0 Å². The van der Waals surface area contributed by atoms with E-state index in [1.165, 1.54) is 22.9 Å². The van der Waals surface area contributed by atoms with Gasteiger partial charge in [0.05, 0.1) is 19.7 Å². The van der Waals surface area contributed by atoms with Crippen LogP contribution in [0.3, 0.4) is 0 Å². The summed E-state index contributed by atoms with van der Waals surface area (Å²) in [7, 11) is 5.10. The highest BCUT2D eigenvalue weighted by Crippen LogP contribution is 2.29. The largest absolute Gasteiger partial charge is 0.493 e. The van der Waals surface area contributed by atoms with Crippen molar-refractivity contribution in [1.29, 1.82) is 0 Å². The molecule has 5 aromatic rings. The number of hydrogen-bond donors (Lipinski definition) is 0. The molecule has 0 saturated heterocycles. The minimum atomic E-state index is 0.124. The van der Waals surface area contributed by atoms with Crippen molar-refractivity contribution in [2.75, 3.05) is 33.6 Å². The van der Waals surface area contributed by atoms with Gasteiger partial charge in [0, 0.05) is 37.7 Å². The van der Waals surface area contributed by atoms with Crippen molar-refractivity contribution in [2.45, 2.75) is 37.9 Å². The molecule has 0 aliphatic rings. The second kappa shape index (κ2) is 13.0. The molecule has 1 amide bonds. The molecule has 0 spiro atoms. The number of benzene rings is 3. The van der Waals surface area contributed by atoms with Crippen LogP contribution in [0.25, 0.3) is 22.1 Å². The van der Waals surface area contributed by atoms with E-state index in [0.717, 1.165) is 46.2 Å². The van der Waals surface area contributed by atoms with Crippen LogP contribution in [0.4, 0.5) is 0 Å². The van der Waals surface area contributed by atoms with Crippen LogP contribution in [0, 0.1) is 6.92 Å². The molecule has 5 rings (SSSR count). The Balaban J connectivity index is 1.19. The molecule has 0 aliphatic heterocycles. The Morgan fingerprint density at radius 1 is 0.951 bits per heavy atom. The summed E-state index contributed by atoms with van der Waals surface area (Å²) in [6, 6.07) is 22.6. The van der Waals surface area contributed by atoms with Gasteiger partial charge in [0.1, 0.15) is 5.52 Å². The Kier molecular flexibility index (Phi) is 9.04. The first kappa shape index (κ1) is 28.4. The third-order valence-corrected chi connectivity index (χ3v) is 8.08. The van der Waals surface area contributed by atoms with E-state index in [9.17, 15) is 4.79 Å². The van der Waals surface area contributed by atoms with Crippen LogP contribution in [-0.2, 0) is 17.8 Å². The number of carbonyl (C=O) groups is 1. The zero-order chi connectivity index (χ0) is 28.8. The molecule has 0 atom stereocenters. The van der Waals surface area contributed by atoms with Gasteiger partial charge < -0.3 is 18.9 Å². The Bertz CT molecular complexity index is 1670. The average molecular weight is 570 g/mol. The van der Waals surface area contributed by atoms with Crippen molar-refractivity contribution < 1.29 is 14.3 Å². The first-order chi connectivity index (χ1) is 20.0. The highest BCUT2D eigenvalue weighted by molar-refractivity contribution is 7.99. The summed E-state index contributed by atoms with van der Waals surface area (Å²) < 4.78 is 12.9. The number of hydrogen-bond acceptors (Lipinski definition) is 7. The molecule has 0 unspecified atom stereocenters. The van der Waals surface area contributed by atoms with Gasteiger partial charge in [0.15, 0.2) is 17.1 Å². The zero-order valence-electron chi connectivity index (χ0n) is 24.0. The van der Waals surface area contributed by atoms with Gasteiger partial charge >= 0.3 is 0 Å². The Labute approximate surface area is 244 Å². The molecule has 0 fully saturated rings. The molecular formula is C32H35N5O3S. The molecule has 0 saturated carbocycles. The van der Waals surface area contributed by atoms with E-state index in [1.54, 1.807) is 19.1 Å². The SMILES string of the molecule is COc1ccc(CCN(C)C(=O)CCCSc2nnc3c4ccccc4n(Cc4cccc(C)c4)c3n2)cc1OC. The van der Waals surface area contributed by atoms with E-state index in [4.69, 9.17) is 14.5 Å². The first-order valence-corrected chi connectivity index (χ1v) is 14.7. The van der Waals surface area contributed by atoms with Gasteiger partial charge in [-0.3, -0.25) is 4.79 Å². The molecule has 0 aliphatic carbocycles. The smallest absolute Gasteiger partial charge is 0.222 e. The highest BCUT2D eigenvalue weighted by atomic mass is 32.2. The maximum absolute atomic E-state index is 12.7. The molecule has 0 N–H and O–H groups in total. The van der Waals surface area contributed by atoms with E-state index < -0.39 is 0 Å². The predicted octanol–water partition coefficient (Wildman–Crippen LogP) is 5.93. The van der Waals surface area contributed by atoms with E-state index in [1.807, 2.05) is 37.4 Å². The van der Waals surface area contributed by atoms with Crippen LogP contribution in [0.15, 0.2) is 71.9 Å². The maximum Gasteiger partial charge on any atom is 0.222 e. The van der Waals surface area contributed by atoms with E-state index in [2.05, 4.69) is 58.1 Å². The molecule has 212 valence electrons. The number of thioether (sulfide) groups is 1. The summed E-state index contributed by atoms with van der Waals surface area (Å²) in [5.74, 6) is 2.25. The van der Waals surface area contributed by atoms with Crippen molar-refractivity contribution in [3.63, 3.8) is 0 Å². The van der Waals surface area contributed by atoms with Crippen LogP contribution in [0.5, 0.6) is 11.5 Å². The molecule has 9 heteroatoms. The standard InChI is InChI=1S/C32H35N5O3S/c1-22-9-7-10-24(19-22)21-37-26-12-6-5-11-25(26)30-31(37)33-32(35-34-30)41-18-8-13-29(38)36(2)17-16-23-14-15-27(39-3)28(20-23)40-4/h5-7,9-12,14-15,19-20H,8,13,16-18,21H2,1-4H3. The van der Waals surface area contributed by atoms with Crippen LogP contribution < -0.4 is 9.47 Å². The lowest BCUT2D eigenvalue weighted by molar-refractivity contribution is -0.129. The minimum Gasteiger partial charge on any atom is -0.493 e. The fourth-order valence-electron chi connectivity index (χ4n) is 4.94.